The summed E-state index contributed by atoms with van der Waals surface area (Å²) in [7, 11) is 1.78. The van der Waals surface area contributed by atoms with Crippen molar-refractivity contribution in [1.82, 2.24) is 9.80 Å². The monoisotopic (exact) mass is 424 g/mol. The minimum absolute atomic E-state index is 0.0331. The predicted molar refractivity (Wildman–Crippen MR) is 124 cm³/mol. The average molecular weight is 425 g/mol. The number of nitrogens with zero attached hydrogens (tertiary/aromatic N) is 2. The molecule has 166 valence electrons. The first kappa shape index (κ1) is 24.1. The molecule has 0 spiro atoms. The second-order valence-corrected chi connectivity index (χ2v) is 7.79. The summed E-state index contributed by atoms with van der Waals surface area (Å²) in [5.74, 6) is -0.379. The molecular formula is C24H32N4O3. The number of anilines is 2. The summed E-state index contributed by atoms with van der Waals surface area (Å²) < 4.78 is 0. The summed E-state index contributed by atoms with van der Waals surface area (Å²) in [6, 6.07) is 13.1. The van der Waals surface area contributed by atoms with E-state index < -0.39 is 0 Å². The first-order valence-corrected chi connectivity index (χ1v) is 10.4. The molecule has 2 aromatic carbocycles. The second kappa shape index (κ2) is 11.3. The summed E-state index contributed by atoms with van der Waals surface area (Å²) in [5.41, 5.74) is 4.77. The summed E-state index contributed by atoms with van der Waals surface area (Å²) in [4.78, 5) is 39.7. The zero-order valence-electron chi connectivity index (χ0n) is 19.0. The highest BCUT2D eigenvalue weighted by atomic mass is 16.2. The smallest absolute Gasteiger partial charge is 0.238 e. The number of hydrogen-bond acceptors (Lipinski definition) is 4. The number of aryl methyl sites for hydroxylation is 2. The average Bonchev–Trinajstić information content (AvgIpc) is 2.70. The topological polar surface area (TPSA) is 81.8 Å². The zero-order valence-corrected chi connectivity index (χ0v) is 19.0. The van der Waals surface area contributed by atoms with E-state index in [2.05, 4.69) is 22.8 Å². The summed E-state index contributed by atoms with van der Waals surface area (Å²) in [5, 5.41) is 5.50. The van der Waals surface area contributed by atoms with Crippen molar-refractivity contribution in [1.29, 1.82) is 0 Å². The number of hydrogen-bond donors (Lipinski definition) is 2. The molecule has 7 nitrogen and oxygen atoms in total. The molecule has 2 rings (SSSR count). The van der Waals surface area contributed by atoms with E-state index in [1.807, 2.05) is 31.7 Å². The van der Waals surface area contributed by atoms with Crippen LogP contribution in [0.2, 0.25) is 0 Å². The lowest BCUT2D eigenvalue weighted by Gasteiger charge is -2.24. The van der Waals surface area contributed by atoms with Crippen molar-refractivity contribution in [3.8, 4) is 0 Å². The lowest BCUT2D eigenvalue weighted by Crippen LogP contribution is -2.41. The van der Waals surface area contributed by atoms with Crippen molar-refractivity contribution in [2.24, 2.45) is 0 Å². The van der Waals surface area contributed by atoms with E-state index in [4.69, 9.17) is 0 Å². The minimum Gasteiger partial charge on any atom is -0.340 e. The van der Waals surface area contributed by atoms with Gasteiger partial charge < -0.3 is 15.5 Å². The Morgan fingerprint density at radius 1 is 0.903 bits per heavy atom. The first-order chi connectivity index (χ1) is 14.7. The van der Waals surface area contributed by atoms with Gasteiger partial charge in [0.1, 0.15) is 0 Å². The molecule has 0 unspecified atom stereocenters. The van der Waals surface area contributed by atoms with E-state index in [9.17, 15) is 14.4 Å². The highest BCUT2D eigenvalue weighted by molar-refractivity contribution is 5.93. The van der Waals surface area contributed by atoms with Crippen molar-refractivity contribution in [2.45, 2.75) is 34.2 Å². The maximum Gasteiger partial charge on any atom is 0.238 e. The number of nitrogens with one attached hydrogen (secondary N) is 2. The van der Waals surface area contributed by atoms with Crippen LogP contribution >= 0.6 is 0 Å². The molecule has 0 saturated heterocycles. The van der Waals surface area contributed by atoms with Crippen LogP contribution in [0.15, 0.2) is 42.5 Å². The van der Waals surface area contributed by atoms with Gasteiger partial charge in [0.2, 0.25) is 17.7 Å². The molecule has 0 heterocycles. The van der Waals surface area contributed by atoms with Gasteiger partial charge in [0.15, 0.2) is 0 Å². The molecule has 31 heavy (non-hydrogen) atoms. The Labute approximate surface area is 184 Å². The van der Waals surface area contributed by atoms with Gasteiger partial charge in [-0.1, -0.05) is 30.7 Å². The van der Waals surface area contributed by atoms with Crippen LogP contribution in [-0.2, 0) is 20.9 Å². The number of likely N-dealkylation sites (N-methyl/N-ethyl adjacent to an activating group) is 2. The third kappa shape index (κ3) is 7.86. The zero-order chi connectivity index (χ0) is 23.0. The highest BCUT2D eigenvalue weighted by Gasteiger charge is 2.17. The van der Waals surface area contributed by atoms with Gasteiger partial charge in [0.05, 0.1) is 13.1 Å². The van der Waals surface area contributed by atoms with Crippen LogP contribution in [0.1, 0.15) is 30.5 Å². The van der Waals surface area contributed by atoms with Crippen LogP contribution < -0.4 is 10.6 Å². The van der Waals surface area contributed by atoms with Gasteiger partial charge in [-0.05, 0) is 55.8 Å². The summed E-state index contributed by atoms with van der Waals surface area (Å²) in [6.07, 6.45) is 0. The molecule has 0 atom stereocenters. The first-order valence-electron chi connectivity index (χ1n) is 10.4. The summed E-state index contributed by atoms with van der Waals surface area (Å²) in [6.45, 7) is 8.87. The maximum absolute atomic E-state index is 12.7. The largest absolute Gasteiger partial charge is 0.340 e. The standard InChI is InChI=1S/C24H32N4O3/c1-6-28(15-23(30)26-22-11-9-21(10-12-22)25-19(4)29)16-24(31)27(5)14-20-8-7-17(2)13-18(20)3/h7-13H,6,14-16H2,1-5H3,(H,25,29)(H,26,30). The van der Waals surface area contributed by atoms with Gasteiger partial charge >= 0.3 is 0 Å². The molecule has 0 bridgehead atoms. The molecule has 0 radical (unpaired) electrons. The Morgan fingerprint density at radius 2 is 1.52 bits per heavy atom. The third-order valence-electron chi connectivity index (χ3n) is 4.99. The van der Waals surface area contributed by atoms with Crippen LogP contribution in [0.3, 0.4) is 0 Å². The molecule has 0 aliphatic rings. The van der Waals surface area contributed by atoms with Crippen molar-refractivity contribution in [2.75, 3.05) is 37.3 Å². The van der Waals surface area contributed by atoms with Crippen LogP contribution in [0.4, 0.5) is 11.4 Å². The van der Waals surface area contributed by atoms with E-state index in [-0.39, 0.29) is 30.8 Å². The van der Waals surface area contributed by atoms with E-state index in [1.54, 1.807) is 36.2 Å². The van der Waals surface area contributed by atoms with E-state index in [0.717, 1.165) is 11.1 Å². The molecule has 3 amide bonds. The van der Waals surface area contributed by atoms with Gasteiger partial charge in [0.25, 0.3) is 0 Å². The molecule has 0 saturated carbocycles. The third-order valence-corrected chi connectivity index (χ3v) is 4.99. The van der Waals surface area contributed by atoms with E-state index >= 15 is 0 Å². The molecule has 0 aliphatic carbocycles. The van der Waals surface area contributed by atoms with Crippen molar-refractivity contribution in [3.63, 3.8) is 0 Å². The fourth-order valence-electron chi connectivity index (χ4n) is 3.20. The summed E-state index contributed by atoms with van der Waals surface area (Å²) >= 11 is 0. The second-order valence-electron chi connectivity index (χ2n) is 7.79. The lowest BCUT2D eigenvalue weighted by molar-refractivity contribution is -0.132. The number of carbonyl (C=O) groups is 3. The molecule has 0 aliphatic heterocycles. The van der Waals surface area contributed by atoms with E-state index in [0.29, 0.717) is 24.5 Å². The van der Waals surface area contributed by atoms with Crippen LogP contribution in [-0.4, -0.2) is 54.2 Å². The van der Waals surface area contributed by atoms with Gasteiger partial charge in [-0.2, -0.15) is 0 Å². The molecule has 0 fully saturated rings. The Morgan fingerprint density at radius 3 is 2.06 bits per heavy atom. The van der Waals surface area contributed by atoms with Crippen LogP contribution in [0.25, 0.3) is 0 Å². The lowest BCUT2D eigenvalue weighted by atomic mass is 10.1. The fourth-order valence-corrected chi connectivity index (χ4v) is 3.20. The Balaban J connectivity index is 1.87. The predicted octanol–water partition coefficient (Wildman–Crippen LogP) is 3.18. The van der Waals surface area contributed by atoms with Crippen molar-refractivity contribution in [3.05, 3.63) is 59.2 Å². The van der Waals surface area contributed by atoms with Crippen molar-refractivity contribution >= 4 is 29.1 Å². The molecular weight excluding hydrogens is 392 g/mol. The molecule has 7 heteroatoms. The molecule has 0 aromatic heterocycles. The maximum atomic E-state index is 12.7. The van der Waals surface area contributed by atoms with Gasteiger partial charge in [-0.3, -0.25) is 19.3 Å². The van der Waals surface area contributed by atoms with Gasteiger partial charge in [0, 0.05) is 31.9 Å². The number of amides is 3. The van der Waals surface area contributed by atoms with Gasteiger partial charge in [-0.15, -0.1) is 0 Å². The number of rotatable bonds is 9. The number of benzene rings is 2. The minimum atomic E-state index is -0.195. The van der Waals surface area contributed by atoms with Crippen LogP contribution in [0, 0.1) is 13.8 Å². The molecule has 2 aromatic rings. The Hall–Kier alpha value is -3.19. The fraction of sp³-hybridized carbons (Fsp3) is 0.375. The molecule has 2 N–H and O–H groups in total. The Bertz CT molecular complexity index is 925. The Kier molecular flexibility index (Phi) is 8.75. The van der Waals surface area contributed by atoms with Crippen LogP contribution in [0.5, 0.6) is 0 Å². The SMILES string of the molecule is CCN(CC(=O)Nc1ccc(NC(C)=O)cc1)CC(=O)N(C)Cc1ccc(C)cc1C. The quantitative estimate of drug-likeness (QED) is 0.648. The van der Waals surface area contributed by atoms with E-state index in [1.165, 1.54) is 12.5 Å². The van der Waals surface area contributed by atoms with Gasteiger partial charge in [-0.25, -0.2) is 0 Å². The number of carbonyl (C=O) groups excluding carboxylic acids is 3. The normalized spacial score (nSPS) is 10.6. The highest BCUT2D eigenvalue weighted by Crippen LogP contribution is 2.14. The van der Waals surface area contributed by atoms with Crippen molar-refractivity contribution < 1.29 is 14.4 Å².